The molecule has 0 radical (unpaired) electrons. The van der Waals surface area contributed by atoms with E-state index in [-0.39, 0.29) is 18.3 Å². The van der Waals surface area contributed by atoms with Gasteiger partial charge in [-0.1, -0.05) is 12.1 Å². The van der Waals surface area contributed by atoms with Crippen molar-refractivity contribution in [1.29, 1.82) is 0 Å². The van der Waals surface area contributed by atoms with Crippen LogP contribution < -0.4 is 5.32 Å². The van der Waals surface area contributed by atoms with Crippen LogP contribution >= 0.6 is 12.4 Å². The van der Waals surface area contributed by atoms with E-state index >= 15 is 0 Å². The predicted octanol–water partition coefficient (Wildman–Crippen LogP) is 1.16. The summed E-state index contributed by atoms with van der Waals surface area (Å²) in [4.78, 5) is 20.3. The molecule has 1 fully saturated rings. The number of carbonyl (C=O) groups is 1. The zero-order valence-electron chi connectivity index (χ0n) is 13.9. The van der Waals surface area contributed by atoms with Crippen molar-refractivity contribution < 1.29 is 4.79 Å². The fourth-order valence-electron chi connectivity index (χ4n) is 2.80. The number of hydrogen-bond acceptors (Lipinski definition) is 4. The molecule has 6 nitrogen and oxygen atoms in total. The molecule has 0 saturated carbocycles. The van der Waals surface area contributed by atoms with Gasteiger partial charge in [0.1, 0.15) is 0 Å². The van der Waals surface area contributed by atoms with Gasteiger partial charge in [0.2, 0.25) is 5.91 Å². The Labute approximate surface area is 148 Å². The van der Waals surface area contributed by atoms with Crippen molar-refractivity contribution in [3.05, 3.63) is 48.5 Å². The van der Waals surface area contributed by atoms with E-state index in [1.807, 2.05) is 22.7 Å². The van der Waals surface area contributed by atoms with Crippen LogP contribution in [0.4, 0.5) is 0 Å². The zero-order valence-corrected chi connectivity index (χ0v) is 14.7. The standard InChI is InChI=1S/C17H23N5O.ClH/c1-20(13-17(23)21-9-6-18-7-10-21)12-15-2-4-16(5-3-15)22-11-8-19-14-22;/h2-5,8,11,14,18H,6-7,9-10,12-13H2,1H3;1H. The lowest BCUT2D eigenvalue weighted by Gasteiger charge is -2.29. The number of nitrogens with zero attached hydrogens (tertiary/aromatic N) is 4. The molecule has 0 unspecified atom stereocenters. The highest BCUT2D eigenvalue weighted by atomic mass is 35.5. The molecule has 1 aromatic heterocycles. The molecule has 24 heavy (non-hydrogen) atoms. The normalized spacial score (nSPS) is 14.5. The van der Waals surface area contributed by atoms with Crippen molar-refractivity contribution in [1.82, 2.24) is 24.7 Å². The molecule has 7 heteroatoms. The molecular weight excluding hydrogens is 326 g/mol. The Morgan fingerprint density at radius 3 is 2.58 bits per heavy atom. The molecule has 0 spiro atoms. The maximum Gasteiger partial charge on any atom is 0.236 e. The number of carbonyl (C=O) groups excluding carboxylic acids is 1. The average Bonchev–Trinajstić information content (AvgIpc) is 3.11. The summed E-state index contributed by atoms with van der Waals surface area (Å²) in [6.07, 6.45) is 5.48. The van der Waals surface area contributed by atoms with Gasteiger partial charge in [0, 0.05) is 50.8 Å². The van der Waals surface area contributed by atoms with E-state index in [1.54, 1.807) is 12.5 Å². The van der Waals surface area contributed by atoms with Crippen LogP contribution in [0.3, 0.4) is 0 Å². The number of amides is 1. The monoisotopic (exact) mass is 349 g/mol. The summed E-state index contributed by atoms with van der Waals surface area (Å²) in [5, 5.41) is 3.27. The van der Waals surface area contributed by atoms with E-state index in [2.05, 4.69) is 39.5 Å². The van der Waals surface area contributed by atoms with E-state index in [4.69, 9.17) is 0 Å². The lowest BCUT2D eigenvalue weighted by atomic mass is 10.2. The molecule has 3 rings (SSSR count). The van der Waals surface area contributed by atoms with Crippen molar-refractivity contribution in [3.63, 3.8) is 0 Å². The summed E-state index contributed by atoms with van der Waals surface area (Å²) in [6.45, 7) is 4.64. The smallest absolute Gasteiger partial charge is 0.236 e. The molecule has 1 aromatic carbocycles. The third kappa shape index (κ3) is 4.80. The molecule has 1 aliphatic heterocycles. The number of rotatable bonds is 5. The van der Waals surface area contributed by atoms with Crippen molar-refractivity contribution in [2.75, 3.05) is 39.8 Å². The summed E-state index contributed by atoms with van der Waals surface area (Å²) >= 11 is 0. The van der Waals surface area contributed by atoms with Crippen LogP contribution in [0.25, 0.3) is 5.69 Å². The summed E-state index contributed by atoms with van der Waals surface area (Å²) < 4.78 is 1.97. The molecule has 2 aromatic rings. The average molecular weight is 350 g/mol. The van der Waals surface area contributed by atoms with Crippen molar-refractivity contribution >= 4 is 18.3 Å². The van der Waals surface area contributed by atoms with Crippen LogP contribution in [0.5, 0.6) is 0 Å². The summed E-state index contributed by atoms with van der Waals surface area (Å²) in [6, 6.07) is 8.34. The minimum Gasteiger partial charge on any atom is -0.339 e. The molecule has 1 aliphatic rings. The third-order valence-corrected chi connectivity index (χ3v) is 4.07. The number of imidazole rings is 1. The van der Waals surface area contributed by atoms with Gasteiger partial charge in [0.25, 0.3) is 0 Å². The van der Waals surface area contributed by atoms with Crippen LogP contribution in [0, 0.1) is 0 Å². The van der Waals surface area contributed by atoms with Gasteiger partial charge in [-0.05, 0) is 24.7 Å². The number of benzene rings is 1. The van der Waals surface area contributed by atoms with E-state index in [1.165, 1.54) is 5.56 Å². The first-order chi connectivity index (χ1) is 11.2. The van der Waals surface area contributed by atoms with Crippen LogP contribution in [-0.4, -0.2) is 65.0 Å². The SMILES string of the molecule is CN(CC(=O)N1CCNCC1)Cc1ccc(-n2ccnc2)cc1.Cl. The largest absolute Gasteiger partial charge is 0.339 e. The Morgan fingerprint density at radius 1 is 1.25 bits per heavy atom. The number of halogens is 1. The van der Waals surface area contributed by atoms with Gasteiger partial charge in [0.05, 0.1) is 12.9 Å². The summed E-state index contributed by atoms with van der Waals surface area (Å²) in [5.41, 5.74) is 2.29. The number of hydrogen-bond donors (Lipinski definition) is 1. The maximum atomic E-state index is 12.3. The molecule has 1 amide bonds. The third-order valence-electron chi connectivity index (χ3n) is 4.07. The first kappa shape index (κ1) is 18.4. The molecule has 130 valence electrons. The fraction of sp³-hybridized carbons (Fsp3) is 0.412. The topological polar surface area (TPSA) is 53.4 Å². The molecule has 0 atom stereocenters. The van der Waals surface area contributed by atoms with Crippen LogP contribution in [0.1, 0.15) is 5.56 Å². The lowest BCUT2D eigenvalue weighted by molar-refractivity contribution is -0.132. The molecule has 2 heterocycles. The lowest BCUT2D eigenvalue weighted by Crippen LogP contribution is -2.49. The van der Waals surface area contributed by atoms with Crippen molar-refractivity contribution in [3.8, 4) is 5.69 Å². The highest BCUT2D eigenvalue weighted by molar-refractivity contribution is 5.85. The van der Waals surface area contributed by atoms with Gasteiger partial charge in [-0.15, -0.1) is 12.4 Å². The van der Waals surface area contributed by atoms with E-state index in [0.29, 0.717) is 6.54 Å². The minimum absolute atomic E-state index is 0. The Morgan fingerprint density at radius 2 is 1.96 bits per heavy atom. The zero-order chi connectivity index (χ0) is 16.1. The molecule has 1 saturated heterocycles. The quantitative estimate of drug-likeness (QED) is 0.880. The van der Waals surface area contributed by atoms with Gasteiger partial charge in [0.15, 0.2) is 0 Å². The van der Waals surface area contributed by atoms with E-state index in [9.17, 15) is 4.79 Å². The predicted molar refractivity (Wildman–Crippen MR) is 96.6 cm³/mol. The number of likely N-dealkylation sites (N-methyl/N-ethyl adjacent to an activating group) is 1. The summed E-state index contributed by atoms with van der Waals surface area (Å²) in [5.74, 6) is 0.212. The van der Waals surface area contributed by atoms with Crippen LogP contribution in [0.2, 0.25) is 0 Å². The second-order valence-electron chi connectivity index (χ2n) is 5.94. The van der Waals surface area contributed by atoms with E-state index in [0.717, 1.165) is 38.4 Å². The van der Waals surface area contributed by atoms with Gasteiger partial charge >= 0.3 is 0 Å². The highest BCUT2D eigenvalue weighted by Gasteiger charge is 2.17. The fourth-order valence-corrected chi connectivity index (χ4v) is 2.80. The first-order valence-electron chi connectivity index (χ1n) is 7.97. The van der Waals surface area contributed by atoms with Crippen molar-refractivity contribution in [2.45, 2.75) is 6.54 Å². The number of piperazine rings is 1. The van der Waals surface area contributed by atoms with Crippen molar-refractivity contribution in [2.24, 2.45) is 0 Å². The van der Waals surface area contributed by atoms with Gasteiger partial charge in [-0.2, -0.15) is 0 Å². The van der Waals surface area contributed by atoms with Gasteiger partial charge in [-0.25, -0.2) is 4.98 Å². The Kier molecular flexibility index (Phi) is 6.78. The second-order valence-corrected chi connectivity index (χ2v) is 5.94. The molecule has 0 bridgehead atoms. The summed E-state index contributed by atoms with van der Waals surface area (Å²) in [7, 11) is 1.99. The Balaban J connectivity index is 0.00000208. The highest BCUT2D eigenvalue weighted by Crippen LogP contribution is 2.11. The van der Waals surface area contributed by atoms with Gasteiger partial charge in [-0.3, -0.25) is 9.69 Å². The first-order valence-corrected chi connectivity index (χ1v) is 7.97. The maximum absolute atomic E-state index is 12.3. The van der Waals surface area contributed by atoms with Crippen LogP contribution in [0.15, 0.2) is 43.0 Å². The van der Waals surface area contributed by atoms with E-state index < -0.39 is 0 Å². The molecular formula is C17H24ClN5O. The second kappa shape index (κ2) is 8.82. The van der Waals surface area contributed by atoms with Crippen LogP contribution in [-0.2, 0) is 11.3 Å². The Bertz CT molecular complexity index is 623. The Hall–Kier alpha value is -1.89. The number of aromatic nitrogens is 2. The minimum atomic E-state index is 0. The number of nitrogens with one attached hydrogen (secondary N) is 1. The molecule has 1 N–H and O–H groups in total. The van der Waals surface area contributed by atoms with Gasteiger partial charge < -0.3 is 14.8 Å². The molecule has 0 aliphatic carbocycles.